The average Bonchev–Trinajstić information content (AvgIpc) is 2.45. The van der Waals surface area contributed by atoms with Crippen molar-refractivity contribution in [3.8, 4) is 0 Å². The first-order valence-electron chi connectivity index (χ1n) is 4.55. The molecule has 5 heteroatoms. The average molecular weight is 189 g/mol. The van der Waals surface area contributed by atoms with E-state index in [-0.39, 0.29) is 18.6 Å². The zero-order valence-electron chi connectivity index (χ0n) is 7.22. The number of nitrogens with one attached hydrogen (secondary N) is 1. The van der Waals surface area contributed by atoms with E-state index in [2.05, 4.69) is 5.32 Å². The normalized spacial score (nSPS) is 55.4. The van der Waals surface area contributed by atoms with E-state index in [0.29, 0.717) is 12.8 Å². The van der Waals surface area contributed by atoms with E-state index >= 15 is 0 Å². The van der Waals surface area contributed by atoms with Crippen molar-refractivity contribution in [2.24, 2.45) is 5.92 Å². The summed E-state index contributed by atoms with van der Waals surface area (Å²) in [4.78, 5) is 0. The highest BCUT2D eigenvalue weighted by molar-refractivity contribution is 5.07. The van der Waals surface area contributed by atoms with Gasteiger partial charge < -0.3 is 20.4 Å². The third-order valence-corrected chi connectivity index (χ3v) is 3.25. The molecule has 0 unspecified atom stereocenters. The molecule has 13 heavy (non-hydrogen) atoms. The second-order valence-corrected chi connectivity index (χ2v) is 4.00. The summed E-state index contributed by atoms with van der Waals surface area (Å²) in [6.07, 6.45) is -1.14. The summed E-state index contributed by atoms with van der Waals surface area (Å²) in [6.45, 7) is -0.175. The molecular weight excluding hydrogens is 174 g/mol. The Labute approximate surface area is 76.0 Å². The van der Waals surface area contributed by atoms with Gasteiger partial charge in [-0.25, -0.2) is 0 Å². The molecule has 0 amide bonds. The molecule has 2 fully saturated rings. The lowest BCUT2D eigenvalue weighted by molar-refractivity contribution is -0.175. The third kappa shape index (κ3) is 1.19. The molecular formula is C8H15NO4. The highest BCUT2D eigenvalue weighted by atomic mass is 16.4. The molecule has 0 saturated carbocycles. The molecule has 76 valence electrons. The number of piperidine rings is 1. The van der Waals surface area contributed by atoms with E-state index in [4.69, 9.17) is 5.11 Å². The second kappa shape index (κ2) is 2.90. The number of hydrogen-bond acceptors (Lipinski definition) is 5. The van der Waals surface area contributed by atoms with Gasteiger partial charge in [-0.05, 0) is 12.8 Å². The zero-order chi connectivity index (χ0) is 9.64. The van der Waals surface area contributed by atoms with E-state index in [1.807, 2.05) is 0 Å². The molecule has 0 spiro atoms. The van der Waals surface area contributed by atoms with Gasteiger partial charge in [0.05, 0.1) is 6.10 Å². The first-order chi connectivity index (χ1) is 6.08. The molecule has 2 heterocycles. The molecule has 2 rings (SSSR count). The van der Waals surface area contributed by atoms with Crippen molar-refractivity contribution in [2.75, 3.05) is 6.61 Å². The van der Waals surface area contributed by atoms with Gasteiger partial charge in [-0.2, -0.15) is 0 Å². The van der Waals surface area contributed by atoms with Crippen molar-refractivity contribution in [2.45, 2.75) is 36.8 Å². The fourth-order valence-corrected chi connectivity index (χ4v) is 2.39. The highest BCUT2D eigenvalue weighted by Gasteiger charge is 2.55. The highest BCUT2D eigenvalue weighted by Crippen LogP contribution is 2.37. The van der Waals surface area contributed by atoms with Crippen LogP contribution in [0.3, 0.4) is 0 Å². The minimum Gasteiger partial charge on any atom is -0.396 e. The van der Waals surface area contributed by atoms with Crippen LogP contribution in [0.25, 0.3) is 0 Å². The van der Waals surface area contributed by atoms with E-state index < -0.39 is 17.9 Å². The fraction of sp³-hybridized carbons (Fsp3) is 1.00. The van der Waals surface area contributed by atoms with Crippen molar-refractivity contribution in [1.82, 2.24) is 5.32 Å². The molecule has 5 N–H and O–H groups in total. The van der Waals surface area contributed by atoms with Crippen LogP contribution in [-0.4, -0.2) is 51.0 Å². The number of hydrogen-bond donors (Lipinski definition) is 5. The van der Waals surface area contributed by atoms with Gasteiger partial charge in [-0.3, -0.25) is 5.32 Å². The Balaban J connectivity index is 2.23. The van der Waals surface area contributed by atoms with Crippen LogP contribution in [0.5, 0.6) is 0 Å². The molecule has 2 aliphatic rings. The number of aliphatic hydroxyl groups is 4. The topological polar surface area (TPSA) is 93.0 Å². The number of aliphatic hydroxyl groups excluding tert-OH is 3. The van der Waals surface area contributed by atoms with Crippen LogP contribution in [0, 0.1) is 5.92 Å². The van der Waals surface area contributed by atoms with Crippen molar-refractivity contribution >= 4 is 0 Å². The van der Waals surface area contributed by atoms with E-state index in [1.165, 1.54) is 0 Å². The quantitative estimate of drug-likeness (QED) is 0.322. The standard InChI is InChI=1S/C8H15NO4/c10-3-4-5-1-2-8(13,9-5)7(12)6(4)11/h4-7,9-13H,1-3H2/t4-,5+,6-,7-,8+/m0/s1. The predicted molar refractivity (Wildman–Crippen MR) is 43.7 cm³/mol. The Kier molecular flexibility index (Phi) is 2.08. The van der Waals surface area contributed by atoms with Crippen LogP contribution in [0.1, 0.15) is 12.8 Å². The van der Waals surface area contributed by atoms with Crippen molar-refractivity contribution in [3.05, 3.63) is 0 Å². The van der Waals surface area contributed by atoms with Crippen molar-refractivity contribution in [3.63, 3.8) is 0 Å². The monoisotopic (exact) mass is 189 g/mol. The summed E-state index contributed by atoms with van der Waals surface area (Å²) in [7, 11) is 0. The van der Waals surface area contributed by atoms with Crippen LogP contribution in [0.2, 0.25) is 0 Å². The summed E-state index contributed by atoms with van der Waals surface area (Å²) in [5, 5.41) is 40.7. The largest absolute Gasteiger partial charge is 0.396 e. The predicted octanol–water partition coefficient (Wildman–Crippen LogP) is -2.23. The first-order valence-corrected chi connectivity index (χ1v) is 4.55. The summed E-state index contributed by atoms with van der Waals surface area (Å²) >= 11 is 0. The lowest BCUT2D eigenvalue weighted by atomic mass is 9.86. The molecule has 0 aromatic rings. The molecule has 2 aliphatic heterocycles. The summed E-state index contributed by atoms with van der Waals surface area (Å²) in [5.41, 5.74) is -1.35. The van der Waals surface area contributed by atoms with Gasteiger partial charge in [0, 0.05) is 18.6 Å². The van der Waals surface area contributed by atoms with E-state index in [1.54, 1.807) is 0 Å². The first kappa shape index (κ1) is 9.36. The maximum atomic E-state index is 9.77. The Hall–Kier alpha value is -0.200. The van der Waals surface area contributed by atoms with Crippen LogP contribution >= 0.6 is 0 Å². The Bertz CT molecular complexity index is 210. The molecule has 0 radical (unpaired) electrons. The van der Waals surface area contributed by atoms with Gasteiger partial charge in [0.1, 0.15) is 11.8 Å². The van der Waals surface area contributed by atoms with E-state index in [9.17, 15) is 15.3 Å². The Morgan fingerprint density at radius 2 is 2.08 bits per heavy atom. The minimum absolute atomic E-state index is 0.0894. The molecule has 2 saturated heterocycles. The van der Waals surface area contributed by atoms with Gasteiger partial charge >= 0.3 is 0 Å². The van der Waals surface area contributed by atoms with Crippen LogP contribution < -0.4 is 5.32 Å². The maximum Gasteiger partial charge on any atom is 0.144 e. The van der Waals surface area contributed by atoms with Crippen LogP contribution in [0.4, 0.5) is 0 Å². The van der Waals surface area contributed by atoms with Gasteiger partial charge in [-0.1, -0.05) is 0 Å². The Morgan fingerprint density at radius 1 is 1.38 bits per heavy atom. The van der Waals surface area contributed by atoms with Gasteiger partial charge in [-0.15, -0.1) is 0 Å². The van der Waals surface area contributed by atoms with Crippen LogP contribution in [-0.2, 0) is 0 Å². The van der Waals surface area contributed by atoms with Gasteiger partial charge in [0.25, 0.3) is 0 Å². The molecule has 0 aromatic carbocycles. The number of fused-ring (bicyclic) bond motifs is 2. The number of rotatable bonds is 1. The summed E-state index contributed by atoms with van der Waals surface area (Å²) < 4.78 is 0. The van der Waals surface area contributed by atoms with Gasteiger partial charge in [0.2, 0.25) is 0 Å². The lowest BCUT2D eigenvalue weighted by Crippen LogP contribution is -2.66. The molecule has 0 aromatic heterocycles. The molecule has 5 atom stereocenters. The summed E-state index contributed by atoms with van der Waals surface area (Å²) in [6, 6.07) is -0.0894. The lowest BCUT2D eigenvalue weighted by Gasteiger charge is -2.42. The smallest absolute Gasteiger partial charge is 0.144 e. The summed E-state index contributed by atoms with van der Waals surface area (Å²) in [5.74, 6) is -0.377. The molecule has 2 bridgehead atoms. The molecule has 0 aliphatic carbocycles. The third-order valence-electron chi connectivity index (χ3n) is 3.25. The minimum atomic E-state index is -1.35. The second-order valence-electron chi connectivity index (χ2n) is 4.00. The van der Waals surface area contributed by atoms with Gasteiger partial charge in [0.15, 0.2) is 0 Å². The van der Waals surface area contributed by atoms with Crippen LogP contribution in [0.15, 0.2) is 0 Å². The fourth-order valence-electron chi connectivity index (χ4n) is 2.39. The SMILES string of the molecule is OC[C@@H]1[C@H](O)[C@H](O)[C@]2(O)CC[C@H]1N2. The zero-order valence-corrected chi connectivity index (χ0v) is 7.22. The van der Waals surface area contributed by atoms with Crippen molar-refractivity contribution < 1.29 is 20.4 Å². The van der Waals surface area contributed by atoms with E-state index in [0.717, 1.165) is 0 Å². The Morgan fingerprint density at radius 3 is 2.69 bits per heavy atom. The van der Waals surface area contributed by atoms with Crippen molar-refractivity contribution in [1.29, 1.82) is 0 Å². The molecule has 5 nitrogen and oxygen atoms in total. The maximum absolute atomic E-state index is 9.77.